The van der Waals surface area contributed by atoms with Crippen LogP contribution in [0.1, 0.15) is 16.3 Å². The van der Waals surface area contributed by atoms with E-state index in [-0.39, 0.29) is 5.82 Å². The van der Waals surface area contributed by atoms with E-state index in [1.807, 2.05) is 0 Å². The molecule has 0 atom stereocenters. The number of methoxy groups -OCH3 is 2. The molecule has 0 aliphatic heterocycles. The minimum absolute atomic E-state index is 0.0997. The van der Waals surface area contributed by atoms with Gasteiger partial charge in [-0.05, 0) is 25.1 Å². The van der Waals surface area contributed by atoms with Crippen molar-refractivity contribution in [2.75, 3.05) is 14.2 Å². The number of carbonyl (C=O) groups is 1. The normalized spacial score (nSPS) is 10.3. The van der Waals surface area contributed by atoms with Gasteiger partial charge in [-0.3, -0.25) is 0 Å². The molecule has 0 aliphatic rings. The predicted molar refractivity (Wildman–Crippen MR) is 68.8 cm³/mol. The number of benzene rings is 1. The molecule has 6 heteroatoms. The fourth-order valence-electron chi connectivity index (χ4n) is 1.82. The average molecular weight is 262 g/mol. The second-order valence-electron chi connectivity index (χ2n) is 3.93. The molecule has 0 spiro atoms. The molecule has 2 aromatic rings. The highest BCUT2D eigenvalue weighted by Crippen LogP contribution is 2.33. The highest BCUT2D eigenvalue weighted by Gasteiger charge is 2.17. The minimum atomic E-state index is -1.10. The molecule has 0 saturated heterocycles. The number of aromatic nitrogens is 2. The zero-order valence-corrected chi connectivity index (χ0v) is 10.9. The maximum Gasteiger partial charge on any atom is 0.371 e. The van der Waals surface area contributed by atoms with E-state index in [1.165, 1.54) is 0 Å². The average Bonchev–Trinajstić information content (AvgIpc) is 2.80. The number of aryl methyl sites for hydroxylation is 1. The van der Waals surface area contributed by atoms with Crippen LogP contribution < -0.4 is 9.47 Å². The van der Waals surface area contributed by atoms with E-state index in [2.05, 4.69) is 9.97 Å². The first kappa shape index (κ1) is 12.9. The third kappa shape index (κ3) is 2.37. The zero-order chi connectivity index (χ0) is 14.0. The van der Waals surface area contributed by atoms with Crippen LogP contribution in [0.25, 0.3) is 11.3 Å². The van der Waals surface area contributed by atoms with E-state index in [0.717, 1.165) is 0 Å². The molecule has 0 bridgehead atoms. The second kappa shape index (κ2) is 5.01. The lowest BCUT2D eigenvalue weighted by Gasteiger charge is -2.09. The van der Waals surface area contributed by atoms with Gasteiger partial charge < -0.3 is 19.6 Å². The quantitative estimate of drug-likeness (QED) is 0.881. The Balaban J connectivity index is 2.59. The molecule has 0 radical (unpaired) electrons. The lowest BCUT2D eigenvalue weighted by molar-refractivity contribution is 0.0684. The number of rotatable bonds is 4. The lowest BCUT2D eigenvalue weighted by atomic mass is 10.1. The highest BCUT2D eigenvalue weighted by molar-refractivity contribution is 5.85. The first-order chi connectivity index (χ1) is 9.06. The predicted octanol–water partition coefficient (Wildman–Crippen LogP) is 2.10. The summed E-state index contributed by atoms with van der Waals surface area (Å²) < 4.78 is 10.4. The third-order valence-corrected chi connectivity index (χ3v) is 2.75. The Bertz CT molecular complexity index is 619. The standard InChI is InChI=1S/C13H14N2O4/c1-7-11(15-12(14-7)13(16)17)9-6-8(18-2)4-5-10(9)19-3/h4-6H,1-3H3,(H,14,15)(H,16,17). The van der Waals surface area contributed by atoms with E-state index in [0.29, 0.717) is 28.5 Å². The molecule has 1 aromatic carbocycles. The van der Waals surface area contributed by atoms with Crippen LogP contribution in [-0.2, 0) is 0 Å². The first-order valence-corrected chi connectivity index (χ1v) is 5.59. The van der Waals surface area contributed by atoms with Crippen LogP contribution in [0.15, 0.2) is 18.2 Å². The van der Waals surface area contributed by atoms with Crippen molar-refractivity contribution in [2.45, 2.75) is 6.92 Å². The molecule has 2 rings (SSSR count). The number of ether oxygens (including phenoxy) is 2. The second-order valence-corrected chi connectivity index (χ2v) is 3.93. The molecule has 1 heterocycles. The Labute approximate surface area is 110 Å². The Kier molecular flexibility index (Phi) is 3.41. The molecular formula is C13H14N2O4. The summed E-state index contributed by atoms with van der Waals surface area (Å²) in [4.78, 5) is 17.7. The van der Waals surface area contributed by atoms with E-state index < -0.39 is 5.97 Å². The summed E-state index contributed by atoms with van der Waals surface area (Å²) in [6, 6.07) is 5.28. The maximum absolute atomic E-state index is 10.9. The van der Waals surface area contributed by atoms with Gasteiger partial charge in [0.1, 0.15) is 11.5 Å². The van der Waals surface area contributed by atoms with Gasteiger partial charge in [-0.2, -0.15) is 0 Å². The van der Waals surface area contributed by atoms with Crippen molar-refractivity contribution in [2.24, 2.45) is 0 Å². The molecule has 0 fully saturated rings. The van der Waals surface area contributed by atoms with Gasteiger partial charge in [-0.15, -0.1) is 0 Å². The Morgan fingerprint density at radius 3 is 2.58 bits per heavy atom. The summed E-state index contributed by atoms with van der Waals surface area (Å²) in [5.41, 5.74) is 1.88. The lowest BCUT2D eigenvalue weighted by Crippen LogP contribution is -1.98. The van der Waals surface area contributed by atoms with E-state index in [4.69, 9.17) is 14.6 Å². The molecule has 100 valence electrons. The van der Waals surface area contributed by atoms with Gasteiger partial charge in [0, 0.05) is 11.3 Å². The number of nitrogens with zero attached hydrogens (tertiary/aromatic N) is 1. The van der Waals surface area contributed by atoms with E-state index in [9.17, 15) is 4.79 Å². The van der Waals surface area contributed by atoms with Crippen LogP contribution in [0.4, 0.5) is 0 Å². The largest absolute Gasteiger partial charge is 0.497 e. The molecular weight excluding hydrogens is 248 g/mol. The number of imidazole rings is 1. The van der Waals surface area contributed by atoms with Crippen LogP contribution in [-0.4, -0.2) is 35.3 Å². The highest BCUT2D eigenvalue weighted by atomic mass is 16.5. The number of aromatic carboxylic acids is 1. The van der Waals surface area contributed by atoms with Crippen LogP contribution in [0.2, 0.25) is 0 Å². The summed E-state index contributed by atoms with van der Waals surface area (Å²) >= 11 is 0. The molecule has 0 amide bonds. The van der Waals surface area contributed by atoms with Crippen molar-refractivity contribution in [3.8, 4) is 22.8 Å². The van der Waals surface area contributed by atoms with Gasteiger partial charge in [0.25, 0.3) is 0 Å². The van der Waals surface area contributed by atoms with Crippen LogP contribution >= 0.6 is 0 Å². The van der Waals surface area contributed by atoms with Crippen molar-refractivity contribution in [1.82, 2.24) is 9.97 Å². The Hall–Kier alpha value is -2.50. The van der Waals surface area contributed by atoms with Gasteiger partial charge in [0.2, 0.25) is 5.82 Å². The first-order valence-electron chi connectivity index (χ1n) is 5.59. The van der Waals surface area contributed by atoms with Gasteiger partial charge >= 0.3 is 5.97 Å². The summed E-state index contributed by atoms with van der Waals surface area (Å²) in [5, 5.41) is 8.95. The number of hydrogen-bond acceptors (Lipinski definition) is 4. The molecule has 2 N–H and O–H groups in total. The fourth-order valence-corrected chi connectivity index (χ4v) is 1.82. The van der Waals surface area contributed by atoms with Crippen molar-refractivity contribution >= 4 is 5.97 Å². The minimum Gasteiger partial charge on any atom is -0.497 e. The fraction of sp³-hybridized carbons (Fsp3) is 0.231. The summed E-state index contributed by atoms with van der Waals surface area (Å²) in [6.07, 6.45) is 0. The van der Waals surface area contributed by atoms with Gasteiger partial charge in [-0.1, -0.05) is 0 Å². The van der Waals surface area contributed by atoms with Gasteiger partial charge in [-0.25, -0.2) is 9.78 Å². The number of carboxylic acids is 1. The molecule has 1 aromatic heterocycles. The van der Waals surface area contributed by atoms with Gasteiger partial charge in [0.15, 0.2) is 0 Å². The molecule has 0 unspecified atom stereocenters. The summed E-state index contributed by atoms with van der Waals surface area (Å²) in [6.45, 7) is 1.76. The Morgan fingerprint density at radius 1 is 1.32 bits per heavy atom. The van der Waals surface area contributed by atoms with E-state index >= 15 is 0 Å². The number of aromatic amines is 1. The van der Waals surface area contributed by atoms with Crippen LogP contribution in [0.5, 0.6) is 11.5 Å². The molecule has 0 aliphatic carbocycles. The van der Waals surface area contributed by atoms with Crippen molar-refractivity contribution in [3.05, 3.63) is 29.7 Å². The third-order valence-electron chi connectivity index (χ3n) is 2.75. The van der Waals surface area contributed by atoms with Crippen LogP contribution in [0, 0.1) is 6.92 Å². The monoisotopic (exact) mass is 262 g/mol. The van der Waals surface area contributed by atoms with Crippen LogP contribution in [0.3, 0.4) is 0 Å². The number of nitrogens with one attached hydrogen (secondary N) is 1. The smallest absolute Gasteiger partial charge is 0.371 e. The SMILES string of the molecule is COc1ccc(OC)c(-c2nc(C(=O)O)[nH]c2C)c1. The summed E-state index contributed by atoms with van der Waals surface area (Å²) in [5.74, 6) is 0.0519. The number of H-pyrrole nitrogens is 1. The molecule has 0 saturated carbocycles. The van der Waals surface area contributed by atoms with E-state index in [1.54, 1.807) is 39.3 Å². The zero-order valence-electron chi connectivity index (χ0n) is 10.9. The number of carboxylic acid groups (broad SMARTS) is 1. The Morgan fingerprint density at radius 2 is 2.05 bits per heavy atom. The van der Waals surface area contributed by atoms with Gasteiger partial charge in [0.05, 0.1) is 19.9 Å². The topological polar surface area (TPSA) is 84.4 Å². The summed E-state index contributed by atoms with van der Waals surface area (Å²) in [7, 11) is 3.11. The molecule has 6 nitrogen and oxygen atoms in total. The maximum atomic E-state index is 10.9. The van der Waals surface area contributed by atoms with Crippen molar-refractivity contribution in [1.29, 1.82) is 0 Å². The van der Waals surface area contributed by atoms with Crippen molar-refractivity contribution in [3.63, 3.8) is 0 Å². The van der Waals surface area contributed by atoms with Crippen molar-refractivity contribution < 1.29 is 19.4 Å². The molecule has 19 heavy (non-hydrogen) atoms. The number of hydrogen-bond donors (Lipinski definition) is 2.